The molecule has 136 valence electrons. The first-order valence-corrected chi connectivity index (χ1v) is 9.59. The second-order valence-electron chi connectivity index (χ2n) is 6.60. The van der Waals surface area contributed by atoms with Crippen LogP contribution in [0.1, 0.15) is 43.4 Å². The number of hydrogen-bond donors (Lipinski definition) is 0. The maximum atomic E-state index is 12.8. The molecule has 2 atom stereocenters. The highest BCUT2D eigenvalue weighted by Gasteiger charge is 2.43. The average Bonchev–Trinajstić information content (AvgIpc) is 2.67. The number of amides is 1. The van der Waals surface area contributed by atoms with E-state index in [2.05, 4.69) is 15.9 Å². The number of cyclic esters (lactones) is 1. The number of benzene rings is 2. The fourth-order valence-corrected chi connectivity index (χ4v) is 3.76. The lowest BCUT2D eigenvalue weighted by Gasteiger charge is -2.43. The molecule has 0 bridgehead atoms. The van der Waals surface area contributed by atoms with Crippen molar-refractivity contribution in [1.29, 1.82) is 0 Å². The monoisotopic (exact) mass is 415 g/mol. The SMILES string of the molecule is C[C@@H](c1ccc(Br)cc1)N1CCC(CCC=O)(c2ccccc2)OC1=O. The third kappa shape index (κ3) is 3.83. The van der Waals surface area contributed by atoms with Gasteiger partial charge in [-0.1, -0.05) is 58.4 Å². The van der Waals surface area contributed by atoms with Crippen molar-refractivity contribution >= 4 is 28.3 Å². The van der Waals surface area contributed by atoms with Gasteiger partial charge in [-0.2, -0.15) is 0 Å². The van der Waals surface area contributed by atoms with E-state index in [4.69, 9.17) is 4.74 Å². The van der Waals surface area contributed by atoms with Crippen LogP contribution in [0.3, 0.4) is 0 Å². The minimum absolute atomic E-state index is 0.0737. The van der Waals surface area contributed by atoms with E-state index in [0.717, 1.165) is 21.9 Å². The van der Waals surface area contributed by atoms with Gasteiger partial charge in [0.2, 0.25) is 0 Å². The Balaban J connectivity index is 1.81. The molecule has 0 N–H and O–H groups in total. The lowest BCUT2D eigenvalue weighted by atomic mass is 9.84. The van der Waals surface area contributed by atoms with Crippen LogP contribution in [0.2, 0.25) is 0 Å². The molecule has 0 spiro atoms. The molecule has 2 aromatic rings. The van der Waals surface area contributed by atoms with Crippen molar-refractivity contribution < 1.29 is 14.3 Å². The van der Waals surface area contributed by atoms with E-state index in [9.17, 15) is 9.59 Å². The van der Waals surface area contributed by atoms with Crippen molar-refractivity contribution in [2.75, 3.05) is 6.54 Å². The Morgan fingerprint density at radius 2 is 1.88 bits per heavy atom. The summed E-state index contributed by atoms with van der Waals surface area (Å²) in [5.74, 6) is 0. The number of hydrogen-bond acceptors (Lipinski definition) is 3. The predicted molar refractivity (Wildman–Crippen MR) is 104 cm³/mol. The Hall–Kier alpha value is -2.14. The quantitative estimate of drug-likeness (QED) is 0.606. The lowest BCUT2D eigenvalue weighted by Crippen LogP contribution is -2.48. The van der Waals surface area contributed by atoms with Gasteiger partial charge < -0.3 is 14.4 Å². The highest BCUT2D eigenvalue weighted by atomic mass is 79.9. The van der Waals surface area contributed by atoms with E-state index in [-0.39, 0.29) is 12.1 Å². The molecular formula is C21H22BrNO3. The number of aldehydes is 1. The van der Waals surface area contributed by atoms with Crippen molar-refractivity contribution in [2.45, 2.75) is 37.8 Å². The molecule has 2 aromatic carbocycles. The molecule has 0 saturated carbocycles. The van der Waals surface area contributed by atoms with Gasteiger partial charge in [-0.25, -0.2) is 4.79 Å². The minimum atomic E-state index is -0.727. The lowest BCUT2D eigenvalue weighted by molar-refractivity contribution is -0.111. The molecule has 4 nitrogen and oxygen atoms in total. The molecular weight excluding hydrogens is 394 g/mol. The van der Waals surface area contributed by atoms with Crippen LogP contribution in [0.5, 0.6) is 0 Å². The predicted octanol–water partition coefficient (Wildman–Crippen LogP) is 5.23. The Morgan fingerprint density at radius 3 is 2.50 bits per heavy atom. The topological polar surface area (TPSA) is 46.6 Å². The Morgan fingerprint density at radius 1 is 1.19 bits per heavy atom. The Labute approximate surface area is 162 Å². The molecule has 5 heteroatoms. The molecule has 3 rings (SSSR count). The van der Waals surface area contributed by atoms with Gasteiger partial charge in [0.25, 0.3) is 0 Å². The second kappa shape index (κ2) is 8.04. The fraction of sp³-hybridized carbons (Fsp3) is 0.333. The number of rotatable bonds is 6. The van der Waals surface area contributed by atoms with E-state index in [1.54, 1.807) is 4.90 Å². The van der Waals surface area contributed by atoms with Crippen LogP contribution in [-0.4, -0.2) is 23.8 Å². The summed E-state index contributed by atoms with van der Waals surface area (Å²) in [6.45, 7) is 2.59. The van der Waals surface area contributed by atoms with Crippen LogP contribution >= 0.6 is 15.9 Å². The normalized spacial score (nSPS) is 21.2. The van der Waals surface area contributed by atoms with Gasteiger partial charge in [-0.15, -0.1) is 0 Å². The standard InChI is InChI=1S/C21H22BrNO3/c1-16(17-8-10-19(22)11-9-17)23-14-13-21(12-5-15-24,26-20(23)25)18-6-3-2-4-7-18/h2-4,6-11,15-16H,5,12-14H2,1H3/t16-,21?/m0/s1. The largest absolute Gasteiger partial charge is 0.438 e. The highest BCUT2D eigenvalue weighted by Crippen LogP contribution is 2.40. The molecule has 1 aliphatic rings. The average molecular weight is 416 g/mol. The van der Waals surface area contributed by atoms with Gasteiger partial charge in [-0.3, -0.25) is 0 Å². The fourth-order valence-electron chi connectivity index (χ4n) is 3.50. The van der Waals surface area contributed by atoms with E-state index < -0.39 is 5.60 Å². The van der Waals surface area contributed by atoms with Crippen molar-refractivity contribution in [3.05, 3.63) is 70.2 Å². The number of carbonyl (C=O) groups is 2. The maximum Gasteiger partial charge on any atom is 0.411 e. The summed E-state index contributed by atoms with van der Waals surface area (Å²) in [7, 11) is 0. The van der Waals surface area contributed by atoms with E-state index in [0.29, 0.717) is 25.8 Å². The third-order valence-corrected chi connectivity index (χ3v) is 5.59. The molecule has 1 heterocycles. The zero-order valence-electron chi connectivity index (χ0n) is 14.7. The summed E-state index contributed by atoms with van der Waals surface area (Å²) in [5.41, 5.74) is 1.28. The molecule has 1 saturated heterocycles. The first-order valence-electron chi connectivity index (χ1n) is 8.80. The van der Waals surface area contributed by atoms with E-state index in [1.165, 1.54) is 0 Å². The van der Waals surface area contributed by atoms with Crippen LogP contribution in [0, 0.1) is 0 Å². The van der Waals surface area contributed by atoms with Gasteiger partial charge in [-0.05, 0) is 36.6 Å². The molecule has 1 fully saturated rings. The van der Waals surface area contributed by atoms with Crippen molar-refractivity contribution in [3.63, 3.8) is 0 Å². The van der Waals surface area contributed by atoms with Gasteiger partial charge in [0, 0.05) is 23.9 Å². The second-order valence-corrected chi connectivity index (χ2v) is 7.52. The smallest absolute Gasteiger partial charge is 0.411 e. The number of ether oxygens (including phenoxy) is 1. The van der Waals surface area contributed by atoms with Gasteiger partial charge >= 0.3 is 6.09 Å². The summed E-state index contributed by atoms with van der Waals surface area (Å²) in [6.07, 6.45) is 2.09. The van der Waals surface area contributed by atoms with Gasteiger partial charge in [0.1, 0.15) is 11.9 Å². The Kier molecular flexibility index (Phi) is 5.77. The van der Waals surface area contributed by atoms with Crippen LogP contribution in [0.25, 0.3) is 0 Å². The summed E-state index contributed by atoms with van der Waals surface area (Å²) >= 11 is 3.43. The summed E-state index contributed by atoms with van der Waals surface area (Å²) < 4.78 is 6.97. The van der Waals surface area contributed by atoms with Crippen LogP contribution in [0.15, 0.2) is 59.1 Å². The third-order valence-electron chi connectivity index (χ3n) is 5.06. The summed E-state index contributed by atoms with van der Waals surface area (Å²) in [5, 5.41) is 0. The molecule has 1 aliphatic heterocycles. The summed E-state index contributed by atoms with van der Waals surface area (Å²) in [4.78, 5) is 25.5. The molecule has 1 unspecified atom stereocenters. The molecule has 0 aromatic heterocycles. The summed E-state index contributed by atoms with van der Waals surface area (Å²) in [6, 6.07) is 17.6. The molecule has 0 aliphatic carbocycles. The Bertz CT molecular complexity index is 763. The van der Waals surface area contributed by atoms with Crippen LogP contribution in [0.4, 0.5) is 4.79 Å². The molecule has 1 amide bonds. The number of halogens is 1. The van der Waals surface area contributed by atoms with Crippen molar-refractivity contribution in [2.24, 2.45) is 0 Å². The maximum absolute atomic E-state index is 12.8. The molecule has 26 heavy (non-hydrogen) atoms. The van der Waals surface area contributed by atoms with Crippen molar-refractivity contribution in [1.82, 2.24) is 4.90 Å². The zero-order chi connectivity index (χ0) is 18.6. The van der Waals surface area contributed by atoms with Crippen molar-refractivity contribution in [3.8, 4) is 0 Å². The number of carbonyl (C=O) groups excluding carboxylic acids is 2. The zero-order valence-corrected chi connectivity index (χ0v) is 16.3. The minimum Gasteiger partial charge on any atom is -0.438 e. The van der Waals surface area contributed by atoms with Gasteiger partial charge in [0.15, 0.2) is 0 Å². The molecule has 0 radical (unpaired) electrons. The first kappa shape index (κ1) is 18.6. The van der Waals surface area contributed by atoms with E-state index >= 15 is 0 Å². The number of nitrogens with zero attached hydrogens (tertiary/aromatic N) is 1. The van der Waals surface area contributed by atoms with Gasteiger partial charge in [0.05, 0.1) is 6.04 Å². The van der Waals surface area contributed by atoms with E-state index in [1.807, 2.05) is 61.5 Å². The van der Waals surface area contributed by atoms with Crippen LogP contribution < -0.4 is 0 Å². The first-order chi connectivity index (χ1) is 12.6. The highest BCUT2D eigenvalue weighted by molar-refractivity contribution is 9.10. The van der Waals surface area contributed by atoms with Crippen LogP contribution in [-0.2, 0) is 15.1 Å².